The third-order valence-electron chi connectivity index (χ3n) is 2.05. The van der Waals surface area contributed by atoms with Crippen LogP contribution >= 0.6 is 12.2 Å². The number of rotatable bonds is 1. The van der Waals surface area contributed by atoms with E-state index in [0.717, 1.165) is 11.4 Å². The molecule has 2 rings (SSSR count). The molecule has 0 aliphatic heterocycles. The fourth-order valence-electron chi connectivity index (χ4n) is 1.37. The summed E-state index contributed by atoms with van der Waals surface area (Å²) in [7, 11) is 0. The summed E-state index contributed by atoms with van der Waals surface area (Å²) in [5.41, 5.74) is 1.87. The Balaban J connectivity index is 2.60. The molecule has 1 aromatic carbocycles. The number of aromatic amines is 1. The molecule has 0 unspecified atom stereocenters. The minimum absolute atomic E-state index is 0.242. The summed E-state index contributed by atoms with van der Waals surface area (Å²) in [4.78, 5) is 2.93. The van der Waals surface area contributed by atoms with Gasteiger partial charge >= 0.3 is 0 Å². The second-order valence-electron chi connectivity index (χ2n) is 3.05. The Morgan fingerprint density at radius 2 is 1.93 bits per heavy atom. The number of nitrogens with zero attached hydrogens (tertiary/aromatic N) is 1. The van der Waals surface area contributed by atoms with E-state index in [9.17, 15) is 4.39 Å². The van der Waals surface area contributed by atoms with Crippen molar-refractivity contribution < 1.29 is 4.39 Å². The quantitative estimate of drug-likeness (QED) is 0.714. The van der Waals surface area contributed by atoms with Gasteiger partial charge in [0.15, 0.2) is 4.77 Å². The Morgan fingerprint density at radius 1 is 1.29 bits per heavy atom. The maximum Gasteiger partial charge on any atom is 0.182 e. The predicted molar refractivity (Wildman–Crippen MR) is 55.6 cm³/mol. The van der Waals surface area contributed by atoms with E-state index in [1.54, 1.807) is 12.1 Å². The van der Waals surface area contributed by atoms with Crippen LogP contribution in [0.25, 0.3) is 5.69 Å². The van der Waals surface area contributed by atoms with Crippen molar-refractivity contribution in [2.75, 3.05) is 0 Å². The van der Waals surface area contributed by atoms with Crippen molar-refractivity contribution in [3.05, 3.63) is 46.7 Å². The van der Waals surface area contributed by atoms with E-state index in [1.165, 1.54) is 12.1 Å². The molecule has 2 nitrogen and oxygen atoms in total. The van der Waals surface area contributed by atoms with E-state index in [0.29, 0.717) is 4.77 Å². The number of hydrogen-bond acceptors (Lipinski definition) is 1. The van der Waals surface area contributed by atoms with Crippen molar-refractivity contribution in [2.24, 2.45) is 0 Å². The molecule has 0 aliphatic rings. The third kappa shape index (κ3) is 1.48. The topological polar surface area (TPSA) is 20.7 Å². The lowest BCUT2D eigenvalue weighted by Gasteiger charge is -2.04. The zero-order valence-corrected chi connectivity index (χ0v) is 8.44. The Morgan fingerprint density at radius 3 is 2.43 bits per heavy atom. The van der Waals surface area contributed by atoms with Crippen LogP contribution in [0.15, 0.2) is 30.5 Å². The molecule has 0 fully saturated rings. The van der Waals surface area contributed by atoms with E-state index in [-0.39, 0.29) is 5.82 Å². The summed E-state index contributed by atoms with van der Waals surface area (Å²) in [6, 6.07) is 6.24. The van der Waals surface area contributed by atoms with E-state index < -0.39 is 0 Å². The second kappa shape index (κ2) is 3.38. The molecular weight excluding hydrogens is 199 g/mol. The lowest BCUT2D eigenvalue weighted by molar-refractivity contribution is 0.627. The monoisotopic (exact) mass is 208 g/mol. The highest BCUT2D eigenvalue weighted by atomic mass is 32.1. The number of benzene rings is 1. The first-order chi connectivity index (χ1) is 6.68. The zero-order valence-electron chi connectivity index (χ0n) is 7.62. The van der Waals surface area contributed by atoms with Gasteiger partial charge in [-0.05, 0) is 43.4 Å². The smallest absolute Gasteiger partial charge is 0.182 e. The number of imidazole rings is 1. The normalized spacial score (nSPS) is 10.4. The van der Waals surface area contributed by atoms with Crippen LogP contribution in [-0.2, 0) is 0 Å². The highest BCUT2D eigenvalue weighted by Gasteiger charge is 2.01. The molecule has 0 amide bonds. The fraction of sp³-hybridized carbons (Fsp3) is 0.100. The van der Waals surface area contributed by atoms with Gasteiger partial charge in [0.25, 0.3) is 0 Å². The second-order valence-corrected chi connectivity index (χ2v) is 3.43. The number of aromatic nitrogens is 2. The van der Waals surface area contributed by atoms with Gasteiger partial charge in [-0.2, -0.15) is 0 Å². The Hall–Kier alpha value is -1.42. The van der Waals surface area contributed by atoms with Crippen LogP contribution in [0.1, 0.15) is 5.69 Å². The Kier molecular flexibility index (Phi) is 2.21. The van der Waals surface area contributed by atoms with Crippen molar-refractivity contribution in [1.29, 1.82) is 0 Å². The standard InChI is InChI=1S/C10H9FN2S/c1-7-6-12-10(14)13(7)9-4-2-8(11)3-5-9/h2-6H,1H3,(H,12,14). The summed E-state index contributed by atoms with van der Waals surface area (Å²) in [5, 5.41) is 0. The SMILES string of the molecule is Cc1c[nH]c(=S)n1-c1ccc(F)cc1. The maximum atomic E-state index is 12.7. The number of H-pyrrole nitrogens is 1. The summed E-state index contributed by atoms with van der Waals surface area (Å²) >= 11 is 5.10. The highest BCUT2D eigenvalue weighted by Crippen LogP contribution is 2.12. The van der Waals surface area contributed by atoms with Crippen molar-refractivity contribution in [2.45, 2.75) is 6.92 Å². The van der Waals surface area contributed by atoms with Crippen molar-refractivity contribution in [3.8, 4) is 5.69 Å². The van der Waals surface area contributed by atoms with Crippen molar-refractivity contribution in [3.63, 3.8) is 0 Å². The lowest BCUT2D eigenvalue weighted by atomic mass is 10.3. The van der Waals surface area contributed by atoms with Crippen molar-refractivity contribution >= 4 is 12.2 Å². The molecule has 14 heavy (non-hydrogen) atoms. The van der Waals surface area contributed by atoms with E-state index in [4.69, 9.17) is 12.2 Å². The highest BCUT2D eigenvalue weighted by molar-refractivity contribution is 7.71. The number of nitrogens with one attached hydrogen (secondary N) is 1. The molecule has 1 N–H and O–H groups in total. The van der Waals surface area contributed by atoms with Gasteiger partial charge in [-0.25, -0.2) is 4.39 Å². The first-order valence-corrected chi connectivity index (χ1v) is 4.62. The summed E-state index contributed by atoms with van der Waals surface area (Å²) in [6.07, 6.45) is 1.83. The van der Waals surface area contributed by atoms with Gasteiger partial charge in [-0.3, -0.25) is 4.57 Å². The van der Waals surface area contributed by atoms with Crippen LogP contribution in [0.2, 0.25) is 0 Å². The maximum absolute atomic E-state index is 12.7. The molecule has 1 aromatic heterocycles. The van der Waals surface area contributed by atoms with E-state index in [2.05, 4.69) is 4.98 Å². The van der Waals surface area contributed by atoms with Crippen LogP contribution in [0, 0.1) is 17.5 Å². The molecule has 2 aromatic rings. The van der Waals surface area contributed by atoms with Crippen LogP contribution < -0.4 is 0 Å². The van der Waals surface area contributed by atoms with Crippen LogP contribution in [-0.4, -0.2) is 9.55 Å². The molecule has 0 atom stereocenters. The van der Waals surface area contributed by atoms with Gasteiger partial charge in [0.2, 0.25) is 0 Å². The lowest BCUT2D eigenvalue weighted by Crippen LogP contribution is -1.95. The molecule has 4 heteroatoms. The first-order valence-electron chi connectivity index (χ1n) is 4.21. The fourth-order valence-corrected chi connectivity index (χ4v) is 1.67. The zero-order chi connectivity index (χ0) is 10.1. The minimum atomic E-state index is -0.242. The largest absolute Gasteiger partial charge is 0.337 e. The minimum Gasteiger partial charge on any atom is -0.337 e. The average molecular weight is 208 g/mol. The average Bonchev–Trinajstić information content (AvgIpc) is 2.49. The number of hydrogen-bond donors (Lipinski definition) is 1. The number of halogens is 1. The number of aryl methyl sites for hydroxylation is 1. The van der Waals surface area contributed by atoms with Gasteiger partial charge < -0.3 is 4.98 Å². The summed E-state index contributed by atoms with van der Waals surface area (Å²) in [6.45, 7) is 1.94. The van der Waals surface area contributed by atoms with Crippen LogP contribution in [0.4, 0.5) is 4.39 Å². The first kappa shape index (κ1) is 9.15. The molecule has 0 saturated carbocycles. The molecule has 0 radical (unpaired) electrons. The van der Waals surface area contributed by atoms with Gasteiger partial charge in [0, 0.05) is 17.6 Å². The summed E-state index contributed by atoms with van der Waals surface area (Å²) < 4.78 is 15.2. The molecular formula is C10H9FN2S. The molecule has 1 heterocycles. The predicted octanol–water partition coefficient (Wildman–Crippen LogP) is 2.98. The third-order valence-corrected chi connectivity index (χ3v) is 2.35. The van der Waals surface area contributed by atoms with Crippen LogP contribution in [0.3, 0.4) is 0 Å². The van der Waals surface area contributed by atoms with Gasteiger partial charge in [0.1, 0.15) is 5.82 Å². The van der Waals surface area contributed by atoms with Gasteiger partial charge in [-0.15, -0.1) is 0 Å². The van der Waals surface area contributed by atoms with Crippen molar-refractivity contribution in [1.82, 2.24) is 9.55 Å². The van der Waals surface area contributed by atoms with E-state index in [1.807, 2.05) is 17.7 Å². The van der Waals surface area contributed by atoms with Gasteiger partial charge in [0.05, 0.1) is 0 Å². The van der Waals surface area contributed by atoms with Crippen LogP contribution in [0.5, 0.6) is 0 Å². The Labute approximate surface area is 86.0 Å². The molecule has 0 bridgehead atoms. The molecule has 0 saturated heterocycles. The molecule has 0 aliphatic carbocycles. The Bertz CT molecular complexity index is 496. The summed E-state index contributed by atoms with van der Waals surface area (Å²) in [5.74, 6) is -0.242. The van der Waals surface area contributed by atoms with Gasteiger partial charge in [-0.1, -0.05) is 0 Å². The molecule has 0 spiro atoms. The molecule has 72 valence electrons. The van der Waals surface area contributed by atoms with E-state index >= 15 is 0 Å².